The van der Waals surface area contributed by atoms with Crippen molar-refractivity contribution in [2.45, 2.75) is 58.3 Å². The lowest BCUT2D eigenvalue weighted by Crippen LogP contribution is -2.45. The number of aliphatic hydroxyl groups excluding tert-OH is 1. The van der Waals surface area contributed by atoms with Gasteiger partial charge in [0.1, 0.15) is 0 Å². The molecule has 3 aliphatic rings. The van der Waals surface area contributed by atoms with Crippen LogP contribution in [0, 0.1) is 23.2 Å². The zero-order chi connectivity index (χ0) is 15.0. The fraction of sp³-hybridized carbons (Fsp3) is 0.882. The van der Waals surface area contributed by atoms with Gasteiger partial charge in [-0.3, -0.25) is 14.5 Å². The molecule has 4 nitrogen and oxygen atoms in total. The SMILES string of the molecule is CCC1CC2C(=O)N(CC3(CO)CCCCC3)C(=O)C2C1. The third-order valence-corrected chi connectivity index (χ3v) is 6.15. The quantitative estimate of drug-likeness (QED) is 0.809. The molecule has 0 spiro atoms. The molecule has 0 aromatic rings. The van der Waals surface area contributed by atoms with E-state index in [9.17, 15) is 14.7 Å². The largest absolute Gasteiger partial charge is 0.396 e. The van der Waals surface area contributed by atoms with Crippen LogP contribution in [0.25, 0.3) is 0 Å². The average molecular weight is 293 g/mol. The summed E-state index contributed by atoms with van der Waals surface area (Å²) in [6.45, 7) is 2.68. The summed E-state index contributed by atoms with van der Waals surface area (Å²) in [7, 11) is 0. The van der Waals surface area contributed by atoms with Crippen LogP contribution in [0.5, 0.6) is 0 Å². The number of carbonyl (C=O) groups excluding carboxylic acids is 2. The highest BCUT2D eigenvalue weighted by molar-refractivity contribution is 6.05. The van der Waals surface area contributed by atoms with Gasteiger partial charge in [-0.05, 0) is 31.6 Å². The molecular formula is C17H27NO3. The van der Waals surface area contributed by atoms with Crippen molar-refractivity contribution in [2.24, 2.45) is 23.2 Å². The molecule has 1 saturated heterocycles. The van der Waals surface area contributed by atoms with Crippen molar-refractivity contribution in [1.82, 2.24) is 4.90 Å². The smallest absolute Gasteiger partial charge is 0.233 e. The van der Waals surface area contributed by atoms with E-state index in [1.165, 1.54) is 11.3 Å². The van der Waals surface area contributed by atoms with Crippen LogP contribution in [0.2, 0.25) is 0 Å². The van der Waals surface area contributed by atoms with E-state index in [-0.39, 0.29) is 35.7 Å². The van der Waals surface area contributed by atoms with Gasteiger partial charge >= 0.3 is 0 Å². The molecule has 0 aromatic heterocycles. The number of hydrogen-bond donors (Lipinski definition) is 1. The maximum atomic E-state index is 12.6. The van der Waals surface area contributed by atoms with E-state index < -0.39 is 0 Å². The first-order valence-corrected chi connectivity index (χ1v) is 8.56. The Morgan fingerprint density at radius 1 is 1.10 bits per heavy atom. The van der Waals surface area contributed by atoms with E-state index in [1.54, 1.807) is 0 Å². The number of aliphatic hydroxyl groups is 1. The molecule has 1 aliphatic heterocycles. The molecule has 1 heterocycles. The van der Waals surface area contributed by atoms with E-state index in [1.807, 2.05) is 0 Å². The minimum Gasteiger partial charge on any atom is -0.396 e. The molecule has 4 heteroatoms. The number of fused-ring (bicyclic) bond motifs is 1. The number of likely N-dealkylation sites (tertiary alicyclic amines) is 1. The summed E-state index contributed by atoms with van der Waals surface area (Å²) < 4.78 is 0. The molecule has 2 amide bonds. The molecule has 3 fully saturated rings. The third-order valence-electron chi connectivity index (χ3n) is 6.15. The van der Waals surface area contributed by atoms with Gasteiger partial charge in [-0.15, -0.1) is 0 Å². The highest BCUT2D eigenvalue weighted by Gasteiger charge is 2.53. The second-order valence-corrected chi connectivity index (χ2v) is 7.44. The standard InChI is InChI=1S/C17H27NO3/c1-2-12-8-13-14(9-12)16(21)18(15(13)20)10-17(11-19)6-4-3-5-7-17/h12-14,19H,2-11H2,1H3. The number of amides is 2. The van der Waals surface area contributed by atoms with Gasteiger partial charge in [0.05, 0.1) is 18.4 Å². The summed E-state index contributed by atoms with van der Waals surface area (Å²) in [6.07, 6.45) is 8.11. The molecule has 2 unspecified atom stereocenters. The normalized spacial score (nSPS) is 35.3. The fourth-order valence-corrected chi connectivity index (χ4v) is 4.69. The lowest BCUT2D eigenvalue weighted by molar-refractivity contribution is -0.143. The summed E-state index contributed by atoms with van der Waals surface area (Å²) in [5, 5.41) is 9.81. The van der Waals surface area contributed by atoms with Gasteiger partial charge in [0.2, 0.25) is 11.8 Å². The minimum atomic E-state index is -0.230. The number of carbonyl (C=O) groups is 2. The third kappa shape index (κ3) is 2.52. The van der Waals surface area contributed by atoms with E-state index in [2.05, 4.69) is 6.92 Å². The van der Waals surface area contributed by atoms with Crippen molar-refractivity contribution in [3.8, 4) is 0 Å². The van der Waals surface area contributed by atoms with E-state index in [4.69, 9.17) is 0 Å². The lowest BCUT2D eigenvalue weighted by atomic mass is 9.74. The second kappa shape index (κ2) is 5.71. The maximum absolute atomic E-state index is 12.6. The van der Waals surface area contributed by atoms with Crippen molar-refractivity contribution >= 4 is 11.8 Å². The molecule has 0 bridgehead atoms. The monoisotopic (exact) mass is 293 g/mol. The van der Waals surface area contributed by atoms with E-state index in [0.717, 1.165) is 44.9 Å². The second-order valence-electron chi connectivity index (χ2n) is 7.44. The van der Waals surface area contributed by atoms with E-state index >= 15 is 0 Å². The molecule has 1 N–H and O–H groups in total. The molecule has 2 saturated carbocycles. The van der Waals surface area contributed by atoms with Gasteiger partial charge in [0, 0.05) is 12.0 Å². The summed E-state index contributed by atoms with van der Waals surface area (Å²) in [5.41, 5.74) is -0.230. The number of imide groups is 1. The number of nitrogens with zero attached hydrogens (tertiary/aromatic N) is 1. The topological polar surface area (TPSA) is 57.6 Å². The van der Waals surface area contributed by atoms with Crippen molar-refractivity contribution in [3.63, 3.8) is 0 Å². The van der Waals surface area contributed by atoms with Crippen molar-refractivity contribution in [1.29, 1.82) is 0 Å². The van der Waals surface area contributed by atoms with Crippen molar-refractivity contribution in [2.75, 3.05) is 13.2 Å². The van der Waals surface area contributed by atoms with Gasteiger partial charge < -0.3 is 5.11 Å². The molecule has 118 valence electrons. The van der Waals surface area contributed by atoms with Crippen LogP contribution < -0.4 is 0 Å². The Balaban J connectivity index is 1.72. The van der Waals surface area contributed by atoms with Gasteiger partial charge in [-0.25, -0.2) is 0 Å². The molecule has 21 heavy (non-hydrogen) atoms. The Kier molecular flexibility index (Phi) is 4.08. The van der Waals surface area contributed by atoms with Gasteiger partial charge in [0.15, 0.2) is 0 Å². The zero-order valence-electron chi connectivity index (χ0n) is 13.0. The fourth-order valence-electron chi connectivity index (χ4n) is 4.69. The molecule has 3 rings (SSSR count). The Labute approximate surface area is 126 Å². The summed E-state index contributed by atoms with van der Waals surface area (Å²) in [5.74, 6) is 0.485. The highest BCUT2D eigenvalue weighted by atomic mass is 16.3. The van der Waals surface area contributed by atoms with Crippen LogP contribution in [-0.2, 0) is 9.59 Å². The molecule has 0 radical (unpaired) electrons. The first-order valence-electron chi connectivity index (χ1n) is 8.56. The molecule has 0 aromatic carbocycles. The van der Waals surface area contributed by atoms with Crippen LogP contribution in [0.15, 0.2) is 0 Å². The molecule has 2 atom stereocenters. The number of rotatable bonds is 4. The maximum Gasteiger partial charge on any atom is 0.233 e. The van der Waals surface area contributed by atoms with Crippen molar-refractivity contribution < 1.29 is 14.7 Å². The Bertz CT molecular complexity index is 404. The lowest BCUT2D eigenvalue weighted by Gasteiger charge is -2.38. The number of hydrogen-bond acceptors (Lipinski definition) is 3. The van der Waals surface area contributed by atoms with Crippen LogP contribution in [0.1, 0.15) is 58.3 Å². The highest BCUT2D eigenvalue weighted by Crippen LogP contribution is 2.46. The van der Waals surface area contributed by atoms with Gasteiger partial charge in [-0.1, -0.05) is 32.6 Å². The van der Waals surface area contributed by atoms with Crippen LogP contribution >= 0.6 is 0 Å². The average Bonchev–Trinajstić information content (AvgIpc) is 3.04. The van der Waals surface area contributed by atoms with Gasteiger partial charge in [-0.2, -0.15) is 0 Å². The zero-order valence-corrected chi connectivity index (χ0v) is 13.0. The van der Waals surface area contributed by atoms with Crippen LogP contribution in [0.3, 0.4) is 0 Å². The predicted molar refractivity (Wildman–Crippen MR) is 79.3 cm³/mol. The van der Waals surface area contributed by atoms with Crippen LogP contribution in [0.4, 0.5) is 0 Å². The summed E-state index contributed by atoms with van der Waals surface area (Å²) in [4.78, 5) is 26.7. The molecule has 2 aliphatic carbocycles. The Hall–Kier alpha value is -0.900. The first kappa shape index (κ1) is 15.0. The summed E-state index contributed by atoms with van der Waals surface area (Å²) in [6, 6.07) is 0. The van der Waals surface area contributed by atoms with Crippen LogP contribution in [-0.4, -0.2) is 35.0 Å². The Morgan fingerprint density at radius 3 is 2.14 bits per heavy atom. The van der Waals surface area contributed by atoms with Crippen molar-refractivity contribution in [3.05, 3.63) is 0 Å². The molecular weight excluding hydrogens is 266 g/mol. The van der Waals surface area contributed by atoms with Gasteiger partial charge in [0.25, 0.3) is 0 Å². The minimum absolute atomic E-state index is 0.0411. The predicted octanol–water partition coefficient (Wildman–Crippen LogP) is 2.35. The Morgan fingerprint density at radius 2 is 1.67 bits per heavy atom. The first-order chi connectivity index (χ1) is 10.1. The van der Waals surface area contributed by atoms with E-state index in [0.29, 0.717) is 12.5 Å². The summed E-state index contributed by atoms with van der Waals surface area (Å²) >= 11 is 0.